The van der Waals surface area contributed by atoms with Crippen molar-refractivity contribution in [2.75, 3.05) is 19.0 Å². The molecule has 0 aromatic heterocycles. The molecular weight excluding hydrogens is 356 g/mol. The van der Waals surface area contributed by atoms with Gasteiger partial charge in [0.1, 0.15) is 0 Å². The minimum atomic E-state index is -3.58. The Morgan fingerprint density at radius 2 is 1.81 bits per heavy atom. The zero-order valence-electron chi connectivity index (χ0n) is 15.3. The van der Waals surface area contributed by atoms with Gasteiger partial charge in [0.25, 0.3) is 5.91 Å². The highest BCUT2D eigenvalue weighted by molar-refractivity contribution is 7.89. The molecule has 7 nitrogen and oxygen atoms in total. The number of carbonyl (C=O) groups excluding carboxylic acids is 2. The first-order valence-electron chi connectivity index (χ1n) is 8.02. The second-order valence-electron chi connectivity index (χ2n) is 5.68. The second-order valence-corrected chi connectivity index (χ2v) is 7.68. The predicted molar refractivity (Wildman–Crippen MR) is 100 cm³/mol. The molecule has 0 bridgehead atoms. The third kappa shape index (κ3) is 6.45. The lowest BCUT2D eigenvalue weighted by molar-refractivity contribution is -0.142. The summed E-state index contributed by atoms with van der Waals surface area (Å²) in [6.45, 7) is 4.93. The molecule has 0 aliphatic carbocycles. The molecule has 0 unspecified atom stereocenters. The molecule has 0 radical (unpaired) electrons. The first-order valence-corrected chi connectivity index (χ1v) is 9.46. The molecule has 0 aliphatic rings. The molecule has 0 aliphatic heterocycles. The lowest BCUT2D eigenvalue weighted by Crippen LogP contribution is -2.33. The van der Waals surface area contributed by atoms with Crippen molar-refractivity contribution in [2.45, 2.75) is 31.7 Å². The van der Waals surface area contributed by atoms with E-state index in [1.807, 2.05) is 0 Å². The third-order valence-corrected chi connectivity index (χ3v) is 5.47. The maximum atomic E-state index is 12.4. The largest absolute Gasteiger partial charge is 0.452 e. The maximum absolute atomic E-state index is 12.4. The van der Waals surface area contributed by atoms with Crippen molar-refractivity contribution < 1.29 is 22.7 Å². The first-order chi connectivity index (χ1) is 12.2. The van der Waals surface area contributed by atoms with Gasteiger partial charge in [-0.15, -0.1) is 0 Å². The SMILES string of the molecule is C/C=C/C=C/C(=O)OCC(=O)Nc1ccc(S(=O)(=O)N(C)C(C)C)cc1. The van der Waals surface area contributed by atoms with Crippen molar-refractivity contribution in [3.05, 3.63) is 48.6 Å². The van der Waals surface area contributed by atoms with Gasteiger partial charge in [-0.25, -0.2) is 13.2 Å². The lowest BCUT2D eigenvalue weighted by atomic mass is 10.3. The summed E-state index contributed by atoms with van der Waals surface area (Å²) in [5, 5.41) is 2.53. The molecule has 0 spiro atoms. The number of nitrogens with one attached hydrogen (secondary N) is 1. The molecule has 1 N–H and O–H groups in total. The Bertz CT molecular complexity index is 780. The number of nitrogens with zero attached hydrogens (tertiary/aromatic N) is 1. The Morgan fingerprint density at radius 1 is 1.19 bits per heavy atom. The summed E-state index contributed by atoms with van der Waals surface area (Å²) in [6.07, 6.45) is 6.12. The van der Waals surface area contributed by atoms with Gasteiger partial charge in [0.2, 0.25) is 10.0 Å². The molecule has 1 rings (SSSR count). The fraction of sp³-hybridized carbons (Fsp3) is 0.333. The number of ether oxygens (including phenoxy) is 1. The Labute approximate surface area is 154 Å². The van der Waals surface area contributed by atoms with Crippen molar-refractivity contribution in [1.82, 2.24) is 4.31 Å². The van der Waals surface area contributed by atoms with Crippen LogP contribution in [0.4, 0.5) is 5.69 Å². The number of esters is 1. The van der Waals surface area contributed by atoms with E-state index in [1.54, 1.807) is 32.9 Å². The van der Waals surface area contributed by atoms with Crippen LogP contribution >= 0.6 is 0 Å². The first kappa shape index (κ1) is 21.6. The topological polar surface area (TPSA) is 92.8 Å². The van der Waals surface area contributed by atoms with Gasteiger partial charge >= 0.3 is 5.97 Å². The van der Waals surface area contributed by atoms with Gasteiger partial charge in [-0.3, -0.25) is 4.79 Å². The summed E-state index contributed by atoms with van der Waals surface area (Å²) in [7, 11) is -2.07. The van der Waals surface area contributed by atoms with Crippen LogP contribution in [0.2, 0.25) is 0 Å². The summed E-state index contributed by atoms with van der Waals surface area (Å²) in [5.74, 6) is -1.15. The zero-order valence-corrected chi connectivity index (χ0v) is 16.1. The highest BCUT2D eigenvalue weighted by atomic mass is 32.2. The quantitative estimate of drug-likeness (QED) is 0.424. The molecule has 142 valence electrons. The standard InChI is InChI=1S/C18H24N2O5S/c1-5-6-7-8-18(22)25-13-17(21)19-15-9-11-16(12-10-15)26(23,24)20(4)14(2)3/h5-12,14H,13H2,1-4H3,(H,19,21)/b6-5+,8-7+. The molecule has 0 atom stereocenters. The van der Waals surface area contributed by atoms with Crippen LogP contribution in [0.3, 0.4) is 0 Å². The molecule has 0 fully saturated rings. The Kier molecular flexibility index (Phi) is 8.21. The summed E-state index contributed by atoms with van der Waals surface area (Å²) in [6, 6.07) is 5.61. The Balaban J connectivity index is 2.64. The van der Waals surface area contributed by atoms with E-state index in [0.29, 0.717) is 5.69 Å². The van der Waals surface area contributed by atoms with Gasteiger partial charge in [-0.1, -0.05) is 18.2 Å². The van der Waals surface area contributed by atoms with E-state index in [-0.39, 0.29) is 10.9 Å². The third-order valence-electron chi connectivity index (χ3n) is 3.42. The fourth-order valence-electron chi connectivity index (χ4n) is 1.78. The number of benzene rings is 1. The van der Waals surface area contributed by atoms with Gasteiger partial charge in [0.05, 0.1) is 4.90 Å². The minimum Gasteiger partial charge on any atom is -0.452 e. The highest BCUT2D eigenvalue weighted by Gasteiger charge is 2.22. The van der Waals surface area contributed by atoms with Crippen LogP contribution in [0.15, 0.2) is 53.5 Å². The average Bonchev–Trinajstić information content (AvgIpc) is 2.60. The minimum absolute atomic E-state index is 0.132. The van der Waals surface area contributed by atoms with E-state index in [0.717, 1.165) is 0 Å². The van der Waals surface area contributed by atoms with E-state index in [9.17, 15) is 18.0 Å². The fourth-order valence-corrected chi connectivity index (χ4v) is 3.15. The summed E-state index contributed by atoms with van der Waals surface area (Å²) < 4.78 is 30.8. The van der Waals surface area contributed by atoms with E-state index < -0.39 is 28.5 Å². The van der Waals surface area contributed by atoms with Gasteiger partial charge in [-0.2, -0.15) is 4.31 Å². The number of allylic oxidation sites excluding steroid dienone is 3. The number of sulfonamides is 1. The monoisotopic (exact) mass is 380 g/mol. The molecule has 0 heterocycles. The Hall–Kier alpha value is -2.45. The predicted octanol–water partition coefficient (Wildman–Crippen LogP) is 2.33. The number of carbonyl (C=O) groups is 2. The van der Waals surface area contributed by atoms with Crippen LogP contribution in [0.5, 0.6) is 0 Å². The summed E-state index contributed by atoms with van der Waals surface area (Å²) in [5.41, 5.74) is 0.404. The molecular formula is C18H24N2O5S. The van der Waals surface area contributed by atoms with Gasteiger partial charge in [0.15, 0.2) is 6.61 Å². The van der Waals surface area contributed by atoms with Crippen LogP contribution < -0.4 is 5.32 Å². The smallest absolute Gasteiger partial charge is 0.331 e. The number of hydrogen-bond donors (Lipinski definition) is 1. The van der Waals surface area contributed by atoms with Gasteiger partial charge < -0.3 is 10.1 Å². The molecule has 0 saturated heterocycles. The van der Waals surface area contributed by atoms with E-state index in [4.69, 9.17) is 4.74 Å². The van der Waals surface area contributed by atoms with Crippen molar-refractivity contribution in [2.24, 2.45) is 0 Å². The number of rotatable bonds is 8. The van der Waals surface area contributed by atoms with Crippen molar-refractivity contribution in [3.8, 4) is 0 Å². The van der Waals surface area contributed by atoms with Crippen molar-refractivity contribution in [3.63, 3.8) is 0 Å². The van der Waals surface area contributed by atoms with Crippen LogP contribution in [-0.2, 0) is 24.3 Å². The number of amides is 1. The lowest BCUT2D eigenvalue weighted by Gasteiger charge is -2.21. The van der Waals surface area contributed by atoms with Crippen LogP contribution in [0.25, 0.3) is 0 Å². The maximum Gasteiger partial charge on any atom is 0.331 e. The van der Waals surface area contributed by atoms with Crippen LogP contribution in [0, 0.1) is 0 Å². The zero-order chi connectivity index (χ0) is 19.7. The Morgan fingerprint density at radius 3 is 2.35 bits per heavy atom. The molecule has 0 saturated carbocycles. The molecule has 1 amide bonds. The van der Waals surface area contributed by atoms with E-state index in [2.05, 4.69) is 5.32 Å². The number of hydrogen-bond acceptors (Lipinski definition) is 5. The van der Waals surface area contributed by atoms with Gasteiger partial charge in [0, 0.05) is 24.9 Å². The van der Waals surface area contributed by atoms with E-state index in [1.165, 1.54) is 47.8 Å². The van der Waals surface area contributed by atoms with Crippen molar-refractivity contribution >= 4 is 27.6 Å². The normalized spacial score (nSPS) is 12.2. The molecule has 1 aromatic rings. The molecule has 1 aromatic carbocycles. The van der Waals surface area contributed by atoms with Crippen LogP contribution in [0.1, 0.15) is 20.8 Å². The summed E-state index contributed by atoms with van der Waals surface area (Å²) >= 11 is 0. The van der Waals surface area contributed by atoms with Gasteiger partial charge in [-0.05, 0) is 45.0 Å². The average molecular weight is 380 g/mol. The number of anilines is 1. The van der Waals surface area contributed by atoms with Crippen molar-refractivity contribution in [1.29, 1.82) is 0 Å². The van der Waals surface area contributed by atoms with Crippen LogP contribution in [-0.4, -0.2) is 44.3 Å². The summed E-state index contributed by atoms with van der Waals surface area (Å²) in [4.78, 5) is 23.3. The molecule has 26 heavy (non-hydrogen) atoms. The van der Waals surface area contributed by atoms with E-state index >= 15 is 0 Å². The second kappa shape index (κ2) is 9.88. The molecule has 8 heteroatoms. The highest BCUT2D eigenvalue weighted by Crippen LogP contribution is 2.19.